The van der Waals surface area contributed by atoms with Gasteiger partial charge in [-0.2, -0.15) is 18.4 Å². The number of rotatable bonds is 7. The Morgan fingerprint density at radius 2 is 0.757 bits per heavy atom. The summed E-state index contributed by atoms with van der Waals surface area (Å²) in [6, 6.07) is 68.5. The van der Waals surface area contributed by atoms with Gasteiger partial charge in [0.2, 0.25) is 0 Å². The number of halogens is 3. The first kappa shape index (κ1) is 45.7. The summed E-state index contributed by atoms with van der Waals surface area (Å²) >= 11 is 0. The third-order valence-electron chi connectivity index (χ3n) is 14.8. The molecule has 2 aromatic heterocycles. The highest BCUT2D eigenvalue weighted by atomic mass is 19.4. The van der Waals surface area contributed by atoms with Crippen LogP contribution in [0.4, 0.5) is 18.9 Å². The van der Waals surface area contributed by atoms with Gasteiger partial charge in [-0.1, -0.05) is 127 Å². The van der Waals surface area contributed by atoms with Crippen molar-refractivity contribution in [2.45, 2.75) is 33.9 Å². The van der Waals surface area contributed by atoms with E-state index >= 15 is 0 Å². The van der Waals surface area contributed by atoms with Crippen LogP contribution in [0.2, 0.25) is 0 Å². The molecule has 0 bridgehead atoms. The molecule has 0 amide bonds. The Labute approximate surface area is 426 Å². The van der Waals surface area contributed by atoms with E-state index in [2.05, 4.69) is 187 Å². The summed E-state index contributed by atoms with van der Waals surface area (Å²) in [6.45, 7) is 17.2. The average molecular weight is 963 g/mol. The van der Waals surface area contributed by atoms with Gasteiger partial charge in [0.1, 0.15) is 0 Å². The van der Waals surface area contributed by atoms with Crippen LogP contribution in [0, 0.1) is 45.6 Å². The Balaban J connectivity index is 1.23. The lowest BCUT2D eigenvalue weighted by atomic mass is 9.95. The number of nitrogens with zero attached hydrogens (tertiary/aromatic N) is 4. The second-order valence-corrected chi connectivity index (χ2v) is 19.2. The third kappa shape index (κ3) is 7.52. The van der Waals surface area contributed by atoms with Gasteiger partial charge in [-0.05, 0) is 178 Å². The highest BCUT2D eigenvalue weighted by molar-refractivity contribution is 6.14. The largest absolute Gasteiger partial charge is 0.416 e. The molecule has 74 heavy (non-hydrogen) atoms. The normalized spacial score (nSPS) is 11.7. The van der Waals surface area contributed by atoms with Crippen molar-refractivity contribution in [1.29, 1.82) is 5.26 Å². The SMILES string of the molecule is [C-]#[N+]c1cc(-n2c3ccc(-c4ccccc4C)cc3c3cc(-c4ccccc4C)ccc32)c(-n2c3ccc(-c4ccccc4C)cc3c3cc(-c4ccccc4C)ccc32)cc1-c1ccc(C(F)(F)F)cc1C#N. The lowest BCUT2D eigenvalue weighted by Gasteiger charge is -2.20. The van der Waals surface area contributed by atoms with Gasteiger partial charge in [0.25, 0.3) is 0 Å². The van der Waals surface area contributed by atoms with Gasteiger partial charge in [0.15, 0.2) is 5.69 Å². The molecule has 0 fully saturated rings. The molecule has 0 aliphatic rings. The maximum Gasteiger partial charge on any atom is 0.416 e. The van der Waals surface area contributed by atoms with Gasteiger partial charge < -0.3 is 9.13 Å². The van der Waals surface area contributed by atoms with E-state index in [0.717, 1.165) is 123 Å². The maximum absolute atomic E-state index is 14.2. The van der Waals surface area contributed by atoms with Crippen LogP contribution in [-0.2, 0) is 6.18 Å². The molecule has 12 aromatic rings. The summed E-state index contributed by atoms with van der Waals surface area (Å²) in [6.07, 6.45) is -4.67. The van der Waals surface area contributed by atoms with E-state index in [1.807, 2.05) is 42.5 Å². The Morgan fingerprint density at radius 3 is 1.08 bits per heavy atom. The average Bonchev–Trinajstić information content (AvgIpc) is 3.91. The van der Waals surface area contributed by atoms with Crippen LogP contribution >= 0.6 is 0 Å². The van der Waals surface area contributed by atoms with Gasteiger partial charge in [-0.15, -0.1) is 0 Å². The molecule has 0 unspecified atom stereocenters. The van der Waals surface area contributed by atoms with Crippen LogP contribution in [0.5, 0.6) is 0 Å². The Bertz CT molecular complexity index is 4180. The zero-order chi connectivity index (χ0) is 51.0. The first-order valence-electron chi connectivity index (χ1n) is 24.5. The number of aryl methyl sites for hydroxylation is 4. The van der Waals surface area contributed by atoms with Gasteiger partial charge in [0.05, 0.1) is 57.2 Å². The predicted octanol–water partition coefficient (Wildman–Crippen LogP) is 18.9. The van der Waals surface area contributed by atoms with Crippen LogP contribution in [0.15, 0.2) is 200 Å². The molecular formula is C67H45F3N4. The molecule has 0 aliphatic heterocycles. The lowest BCUT2D eigenvalue weighted by molar-refractivity contribution is -0.137. The summed E-state index contributed by atoms with van der Waals surface area (Å²) < 4.78 is 47.1. The van der Waals surface area contributed by atoms with Crippen molar-refractivity contribution in [1.82, 2.24) is 9.13 Å². The summed E-state index contributed by atoms with van der Waals surface area (Å²) in [4.78, 5) is 4.10. The highest BCUT2D eigenvalue weighted by Crippen LogP contribution is 2.47. The van der Waals surface area contributed by atoms with Crippen molar-refractivity contribution >= 4 is 49.3 Å². The molecule has 0 saturated carbocycles. The molecule has 0 atom stereocenters. The van der Waals surface area contributed by atoms with Gasteiger partial charge in [-0.25, -0.2) is 4.85 Å². The molecule has 354 valence electrons. The van der Waals surface area contributed by atoms with Crippen molar-refractivity contribution in [2.75, 3.05) is 0 Å². The van der Waals surface area contributed by atoms with Crippen LogP contribution in [0.1, 0.15) is 33.4 Å². The zero-order valence-electron chi connectivity index (χ0n) is 41.0. The smallest absolute Gasteiger partial charge is 0.308 e. The monoisotopic (exact) mass is 962 g/mol. The number of benzene rings is 10. The standard InChI is InChI=1S/C67H45F3N4/c1-40-14-6-10-18-50(40)44-22-28-61-56(33-44)57-34-45(51-19-11-7-15-41(51)2)23-29-62(57)73(61)65-37-55(54-27-26-49(67(68,69)70)32-48(54)39-71)60(72-5)38-66(65)74-63-30-24-46(52-20-12-8-16-42(52)3)35-58(63)59-36-47(25-31-64(59)74)53-21-13-9-17-43(53)4/h6-38H,1-4H3. The van der Waals surface area contributed by atoms with E-state index in [1.165, 1.54) is 6.07 Å². The van der Waals surface area contributed by atoms with Gasteiger partial charge in [-0.3, -0.25) is 0 Å². The topological polar surface area (TPSA) is 38.0 Å². The fourth-order valence-electron chi connectivity index (χ4n) is 11.1. The van der Waals surface area contributed by atoms with Crippen LogP contribution < -0.4 is 0 Å². The Morgan fingerprint density at radius 1 is 0.405 bits per heavy atom. The number of hydrogen-bond acceptors (Lipinski definition) is 1. The molecule has 7 heteroatoms. The van der Waals surface area contributed by atoms with Crippen molar-refractivity contribution in [3.63, 3.8) is 0 Å². The predicted molar refractivity (Wildman–Crippen MR) is 297 cm³/mol. The molecular weight excluding hydrogens is 918 g/mol. The van der Waals surface area contributed by atoms with E-state index in [4.69, 9.17) is 6.57 Å². The lowest BCUT2D eigenvalue weighted by Crippen LogP contribution is -2.06. The Kier molecular flexibility index (Phi) is 10.9. The number of alkyl halides is 3. The van der Waals surface area contributed by atoms with Crippen LogP contribution in [-0.4, -0.2) is 9.13 Å². The van der Waals surface area contributed by atoms with Gasteiger partial charge in [0, 0.05) is 21.5 Å². The quantitative estimate of drug-likeness (QED) is 0.147. The van der Waals surface area contributed by atoms with E-state index in [1.54, 1.807) is 0 Å². The number of hydrogen-bond donors (Lipinski definition) is 0. The minimum absolute atomic E-state index is 0.180. The zero-order valence-corrected chi connectivity index (χ0v) is 41.0. The van der Waals surface area contributed by atoms with E-state index < -0.39 is 11.7 Å². The fraction of sp³-hybridized carbons (Fsp3) is 0.0746. The van der Waals surface area contributed by atoms with E-state index in [0.29, 0.717) is 16.9 Å². The Hall–Kier alpha value is -9.43. The van der Waals surface area contributed by atoms with Crippen molar-refractivity contribution < 1.29 is 13.2 Å². The number of nitriles is 1. The third-order valence-corrected chi connectivity index (χ3v) is 14.8. The van der Waals surface area contributed by atoms with E-state index in [9.17, 15) is 18.4 Å². The second kappa shape index (κ2) is 17.7. The van der Waals surface area contributed by atoms with Crippen molar-refractivity contribution in [3.8, 4) is 73.1 Å². The number of aromatic nitrogens is 2. The highest BCUT2D eigenvalue weighted by Gasteiger charge is 2.32. The van der Waals surface area contributed by atoms with Crippen molar-refractivity contribution in [3.05, 3.63) is 245 Å². The molecule has 0 aliphatic carbocycles. The second-order valence-electron chi connectivity index (χ2n) is 19.2. The molecule has 0 spiro atoms. The van der Waals surface area contributed by atoms with E-state index in [-0.39, 0.29) is 16.8 Å². The van der Waals surface area contributed by atoms with Crippen molar-refractivity contribution in [2.24, 2.45) is 0 Å². The molecule has 4 nitrogen and oxygen atoms in total. The summed E-state index contributed by atoms with van der Waals surface area (Å²) in [5.74, 6) is 0. The molecule has 10 aromatic carbocycles. The molecule has 12 rings (SSSR count). The van der Waals surface area contributed by atoms with Crippen LogP contribution in [0.25, 0.3) is 115 Å². The fourth-order valence-corrected chi connectivity index (χ4v) is 11.1. The molecule has 0 N–H and O–H groups in total. The first-order valence-corrected chi connectivity index (χ1v) is 24.5. The summed E-state index contributed by atoms with van der Waals surface area (Å²) in [5.41, 5.74) is 17.9. The minimum Gasteiger partial charge on any atom is -0.308 e. The molecule has 0 saturated heterocycles. The molecule has 0 radical (unpaired) electrons. The first-order chi connectivity index (χ1) is 35.9. The van der Waals surface area contributed by atoms with Gasteiger partial charge >= 0.3 is 6.18 Å². The maximum atomic E-state index is 14.2. The minimum atomic E-state index is -4.67. The summed E-state index contributed by atoms with van der Waals surface area (Å²) in [7, 11) is 0. The molecule has 2 heterocycles. The number of fused-ring (bicyclic) bond motifs is 6. The van der Waals surface area contributed by atoms with Crippen LogP contribution in [0.3, 0.4) is 0 Å². The summed E-state index contributed by atoms with van der Waals surface area (Å²) in [5, 5.41) is 14.6.